The number of sulfone groups is 1. The predicted octanol–water partition coefficient (Wildman–Crippen LogP) is 2.23. The molecule has 0 unspecified atom stereocenters. The van der Waals surface area contributed by atoms with Crippen molar-refractivity contribution in [3.05, 3.63) is 59.1 Å². The Morgan fingerprint density at radius 3 is 2.62 bits per heavy atom. The SMILES string of the molecule is CS(=O)(=O)c1ccc(OCCCC(=O)Nc2cccc(-c3noc(=O)[nH]3)c2)cc1. The lowest BCUT2D eigenvalue weighted by molar-refractivity contribution is -0.116. The van der Waals surface area contributed by atoms with Crippen molar-refractivity contribution in [3.8, 4) is 17.1 Å². The highest BCUT2D eigenvalue weighted by Gasteiger charge is 2.08. The van der Waals surface area contributed by atoms with E-state index < -0.39 is 15.6 Å². The topological polar surface area (TPSA) is 131 Å². The predicted molar refractivity (Wildman–Crippen MR) is 105 cm³/mol. The number of carbonyl (C=O) groups excluding carboxylic acids is 1. The van der Waals surface area contributed by atoms with Crippen molar-refractivity contribution in [1.82, 2.24) is 10.1 Å². The first-order chi connectivity index (χ1) is 13.8. The number of anilines is 1. The Balaban J connectivity index is 1.46. The molecule has 0 aliphatic heterocycles. The second kappa shape index (κ2) is 8.74. The van der Waals surface area contributed by atoms with Gasteiger partial charge in [-0.15, -0.1) is 0 Å². The Morgan fingerprint density at radius 1 is 1.21 bits per heavy atom. The molecule has 1 heterocycles. The molecule has 1 aromatic heterocycles. The molecule has 1 amide bonds. The number of hydrogen-bond acceptors (Lipinski definition) is 7. The lowest BCUT2D eigenvalue weighted by Crippen LogP contribution is -2.12. The van der Waals surface area contributed by atoms with Crippen LogP contribution in [-0.4, -0.2) is 37.3 Å². The third kappa shape index (κ3) is 5.79. The van der Waals surface area contributed by atoms with Crippen LogP contribution in [0.15, 0.2) is 62.7 Å². The summed E-state index contributed by atoms with van der Waals surface area (Å²) in [4.78, 5) is 25.8. The maximum Gasteiger partial charge on any atom is 0.439 e. The van der Waals surface area contributed by atoms with Crippen molar-refractivity contribution in [2.45, 2.75) is 17.7 Å². The van der Waals surface area contributed by atoms with E-state index in [0.717, 1.165) is 6.26 Å². The minimum absolute atomic E-state index is 0.188. The van der Waals surface area contributed by atoms with E-state index in [2.05, 4.69) is 20.0 Å². The van der Waals surface area contributed by atoms with Crippen LogP contribution < -0.4 is 15.8 Å². The van der Waals surface area contributed by atoms with E-state index in [9.17, 15) is 18.0 Å². The van der Waals surface area contributed by atoms with Crippen molar-refractivity contribution in [2.75, 3.05) is 18.2 Å². The monoisotopic (exact) mass is 417 g/mol. The summed E-state index contributed by atoms with van der Waals surface area (Å²) < 4.78 is 32.8. The molecule has 2 N–H and O–H groups in total. The molecule has 2 aromatic carbocycles. The van der Waals surface area contributed by atoms with E-state index >= 15 is 0 Å². The van der Waals surface area contributed by atoms with Crippen molar-refractivity contribution in [2.24, 2.45) is 0 Å². The molecular formula is C19H19N3O6S. The summed E-state index contributed by atoms with van der Waals surface area (Å²) in [5, 5.41) is 6.38. The van der Waals surface area contributed by atoms with Gasteiger partial charge in [-0.1, -0.05) is 17.3 Å². The van der Waals surface area contributed by atoms with Gasteiger partial charge >= 0.3 is 5.76 Å². The molecule has 0 aliphatic rings. The zero-order valence-corrected chi connectivity index (χ0v) is 16.4. The lowest BCUT2D eigenvalue weighted by atomic mass is 10.2. The standard InChI is InChI=1S/C19H19N3O6S/c1-29(25,26)16-9-7-15(8-10-16)27-11-3-6-17(23)20-14-5-2-4-13(12-14)18-21-19(24)28-22-18/h2,4-5,7-10,12H,3,6,11H2,1H3,(H,20,23)(H,21,22,24). The Morgan fingerprint density at radius 2 is 1.97 bits per heavy atom. The Labute approximate surface area is 166 Å². The largest absolute Gasteiger partial charge is 0.494 e. The molecule has 0 saturated heterocycles. The Hall–Kier alpha value is -3.40. The van der Waals surface area contributed by atoms with Crippen LogP contribution >= 0.6 is 0 Å². The molecule has 10 heteroatoms. The molecule has 3 rings (SSSR count). The van der Waals surface area contributed by atoms with Gasteiger partial charge in [-0.05, 0) is 42.8 Å². The highest BCUT2D eigenvalue weighted by atomic mass is 32.2. The number of hydrogen-bond donors (Lipinski definition) is 2. The lowest BCUT2D eigenvalue weighted by Gasteiger charge is -2.08. The summed E-state index contributed by atoms with van der Waals surface area (Å²) in [5.74, 6) is -0.0271. The van der Waals surface area contributed by atoms with E-state index in [1.807, 2.05) is 0 Å². The zero-order chi connectivity index (χ0) is 20.9. The van der Waals surface area contributed by atoms with Crippen LogP contribution in [0.2, 0.25) is 0 Å². The van der Waals surface area contributed by atoms with Crippen LogP contribution in [0, 0.1) is 0 Å². The second-order valence-corrected chi connectivity index (χ2v) is 8.28. The Kier molecular flexibility index (Phi) is 6.13. The van der Waals surface area contributed by atoms with Gasteiger partial charge in [-0.25, -0.2) is 13.2 Å². The molecule has 9 nitrogen and oxygen atoms in total. The molecule has 0 radical (unpaired) electrons. The summed E-state index contributed by atoms with van der Waals surface area (Å²) in [6.07, 6.45) is 1.87. The normalized spacial score (nSPS) is 11.2. The zero-order valence-electron chi connectivity index (χ0n) is 15.5. The van der Waals surface area contributed by atoms with Crippen LogP contribution in [0.5, 0.6) is 5.75 Å². The molecule has 0 saturated carbocycles. The number of aromatic nitrogens is 2. The van der Waals surface area contributed by atoms with E-state index in [1.54, 1.807) is 36.4 Å². The maximum absolute atomic E-state index is 12.1. The number of rotatable bonds is 8. The molecule has 29 heavy (non-hydrogen) atoms. The molecule has 0 fully saturated rings. The molecule has 0 atom stereocenters. The number of benzene rings is 2. The minimum Gasteiger partial charge on any atom is -0.494 e. The quantitative estimate of drug-likeness (QED) is 0.537. The summed E-state index contributed by atoms with van der Waals surface area (Å²) in [6, 6.07) is 13.0. The van der Waals surface area contributed by atoms with Gasteiger partial charge in [0.2, 0.25) is 5.91 Å². The average Bonchev–Trinajstić information content (AvgIpc) is 3.12. The molecule has 152 valence electrons. The van der Waals surface area contributed by atoms with Gasteiger partial charge in [0.1, 0.15) is 5.75 Å². The summed E-state index contributed by atoms with van der Waals surface area (Å²) in [7, 11) is -3.24. The van der Waals surface area contributed by atoms with Gasteiger partial charge in [0, 0.05) is 23.9 Å². The first-order valence-electron chi connectivity index (χ1n) is 8.70. The number of amides is 1. The van der Waals surface area contributed by atoms with Gasteiger partial charge in [-0.2, -0.15) is 0 Å². The van der Waals surface area contributed by atoms with Crippen LogP contribution in [0.25, 0.3) is 11.4 Å². The number of ether oxygens (including phenoxy) is 1. The molecule has 0 bridgehead atoms. The number of nitrogens with one attached hydrogen (secondary N) is 2. The fourth-order valence-corrected chi connectivity index (χ4v) is 3.16. The van der Waals surface area contributed by atoms with Gasteiger partial charge < -0.3 is 10.1 Å². The number of aromatic amines is 1. The van der Waals surface area contributed by atoms with E-state index in [0.29, 0.717) is 30.0 Å². The maximum atomic E-state index is 12.1. The molecular weight excluding hydrogens is 398 g/mol. The highest BCUT2D eigenvalue weighted by molar-refractivity contribution is 7.90. The fourth-order valence-electron chi connectivity index (χ4n) is 2.53. The first-order valence-corrected chi connectivity index (χ1v) is 10.6. The van der Waals surface area contributed by atoms with Crippen molar-refractivity contribution >= 4 is 21.4 Å². The van der Waals surface area contributed by atoms with Crippen LogP contribution in [-0.2, 0) is 14.6 Å². The first kappa shape index (κ1) is 20.3. The molecule has 0 spiro atoms. The summed E-state index contributed by atoms with van der Waals surface area (Å²) in [5.41, 5.74) is 1.17. The second-order valence-electron chi connectivity index (χ2n) is 6.27. The van der Waals surface area contributed by atoms with Gasteiger partial charge in [-0.3, -0.25) is 14.3 Å². The third-order valence-electron chi connectivity index (χ3n) is 3.93. The van der Waals surface area contributed by atoms with Gasteiger partial charge in [0.15, 0.2) is 15.7 Å². The number of carbonyl (C=O) groups is 1. The molecule has 0 aliphatic carbocycles. The summed E-state index contributed by atoms with van der Waals surface area (Å²) >= 11 is 0. The fraction of sp³-hybridized carbons (Fsp3) is 0.211. The van der Waals surface area contributed by atoms with Crippen LogP contribution in [0.1, 0.15) is 12.8 Å². The highest BCUT2D eigenvalue weighted by Crippen LogP contribution is 2.19. The Bertz CT molecular complexity index is 1150. The van der Waals surface area contributed by atoms with E-state index in [4.69, 9.17) is 4.74 Å². The average molecular weight is 417 g/mol. The van der Waals surface area contributed by atoms with Crippen molar-refractivity contribution in [1.29, 1.82) is 0 Å². The van der Waals surface area contributed by atoms with E-state index in [-0.39, 0.29) is 23.0 Å². The summed E-state index contributed by atoms with van der Waals surface area (Å²) in [6.45, 7) is 0.311. The van der Waals surface area contributed by atoms with Crippen molar-refractivity contribution < 1.29 is 22.5 Å². The number of H-pyrrole nitrogens is 1. The smallest absolute Gasteiger partial charge is 0.439 e. The van der Waals surface area contributed by atoms with Crippen LogP contribution in [0.4, 0.5) is 5.69 Å². The third-order valence-corrected chi connectivity index (χ3v) is 5.06. The number of nitrogens with zero attached hydrogens (tertiary/aromatic N) is 1. The minimum atomic E-state index is -3.24. The van der Waals surface area contributed by atoms with Gasteiger partial charge in [0.25, 0.3) is 0 Å². The molecule has 3 aromatic rings. The van der Waals surface area contributed by atoms with Crippen LogP contribution in [0.3, 0.4) is 0 Å². The van der Waals surface area contributed by atoms with Gasteiger partial charge in [0.05, 0.1) is 11.5 Å². The van der Waals surface area contributed by atoms with Crippen molar-refractivity contribution in [3.63, 3.8) is 0 Å². The van der Waals surface area contributed by atoms with E-state index in [1.165, 1.54) is 12.1 Å².